The first-order valence-corrected chi connectivity index (χ1v) is 10.6. The van der Waals surface area contributed by atoms with E-state index in [9.17, 15) is 9.59 Å². The van der Waals surface area contributed by atoms with Gasteiger partial charge >= 0.3 is 0 Å². The number of hydrogen-bond acceptors (Lipinski definition) is 4. The van der Waals surface area contributed by atoms with E-state index in [1.165, 1.54) is 56.2 Å². The molecule has 0 spiro atoms. The fourth-order valence-electron chi connectivity index (χ4n) is 4.51. The number of rotatable bonds is 4. The van der Waals surface area contributed by atoms with Crippen LogP contribution in [0.3, 0.4) is 0 Å². The molecule has 2 aliphatic rings. The molecule has 150 valence electrons. The van der Waals surface area contributed by atoms with Crippen molar-refractivity contribution in [3.05, 3.63) is 40.9 Å². The van der Waals surface area contributed by atoms with Gasteiger partial charge in [0.15, 0.2) is 0 Å². The molecule has 6 heteroatoms. The number of benzene rings is 1. The molecule has 0 saturated carbocycles. The van der Waals surface area contributed by atoms with Gasteiger partial charge in [-0.2, -0.15) is 0 Å². The van der Waals surface area contributed by atoms with Crippen molar-refractivity contribution in [3.63, 3.8) is 0 Å². The molecule has 2 fully saturated rings. The Labute approximate surface area is 166 Å². The minimum absolute atomic E-state index is 0.0207. The highest BCUT2D eigenvalue weighted by Gasteiger charge is 2.25. The number of piperidine rings is 1. The van der Waals surface area contributed by atoms with E-state index in [0.717, 1.165) is 25.9 Å². The molecule has 2 saturated heterocycles. The van der Waals surface area contributed by atoms with Gasteiger partial charge in [-0.05, 0) is 56.8 Å². The van der Waals surface area contributed by atoms with Crippen LogP contribution in [-0.4, -0.2) is 58.0 Å². The monoisotopic (exact) mass is 382 g/mol. The van der Waals surface area contributed by atoms with Gasteiger partial charge in [-0.3, -0.25) is 14.2 Å². The van der Waals surface area contributed by atoms with Crippen LogP contribution in [0.1, 0.15) is 38.5 Å². The number of para-hydroxylation sites is 1. The second-order valence-electron chi connectivity index (χ2n) is 8.23. The highest BCUT2D eigenvalue weighted by molar-refractivity contribution is 5.79. The summed E-state index contributed by atoms with van der Waals surface area (Å²) in [5, 5.41) is 0.564. The molecule has 28 heavy (non-hydrogen) atoms. The third kappa shape index (κ3) is 4.43. The maximum absolute atomic E-state index is 12.7. The highest BCUT2D eigenvalue weighted by Crippen LogP contribution is 2.20. The van der Waals surface area contributed by atoms with Gasteiger partial charge in [0.2, 0.25) is 5.91 Å². The van der Waals surface area contributed by atoms with Crippen LogP contribution in [0, 0.1) is 5.92 Å². The molecule has 0 unspecified atom stereocenters. The van der Waals surface area contributed by atoms with Crippen LogP contribution in [0.4, 0.5) is 0 Å². The Kier molecular flexibility index (Phi) is 6.05. The third-order valence-corrected chi connectivity index (χ3v) is 6.22. The van der Waals surface area contributed by atoms with Crippen LogP contribution in [-0.2, 0) is 11.3 Å². The van der Waals surface area contributed by atoms with Gasteiger partial charge in [0.1, 0.15) is 6.54 Å². The number of carbonyl (C=O) groups is 1. The summed E-state index contributed by atoms with van der Waals surface area (Å²) in [5.74, 6) is 0.708. The lowest BCUT2D eigenvalue weighted by Crippen LogP contribution is -2.43. The smallest absolute Gasteiger partial charge is 0.261 e. The van der Waals surface area contributed by atoms with E-state index in [2.05, 4.69) is 9.88 Å². The minimum atomic E-state index is -0.144. The molecule has 0 atom stereocenters. The van der Waals surface area contributed by atoms with Crippen LogP contribution in [0.15, 0.2) is 35.4 Å². The van der Waals surface area contributed by atoms with E-state index >= 15 is 0 Å². The molecule has 0 bridgehead atoms. The second-order valence-corrected chi connectivity index (χ2v) is 8.23. The average molecular weight is 383 g/mol. The molecule has 0 N–H and O–H groups in total. The zero-order valence-electron chi connectivity index (χ0n) is 16.6. The Morgan fingerprint density at radius 1 is 1.00 bits per heavy atom. The number of carbonyl (C=O) groups excluding carboxylic acids is 1. The molecule has 4 rings (SSSR count). The molecule has 2 aliphatic heterocycles. The van der Waals surface area contributed by atoms with Crippen LogP contribution < -0.4 is 5.56 Å². The quantitative estimate of drug-likeness (QED) is 0.815. The summed E-state index contributed by atoms with van der Waals surface area (Å²) < 4.78 is 1.44. The fourth-order valence-corrected chi connectivity index (χ4v) is 4.51. The van der Waals surface area contributed by atoms with Crippen molar-refractivity contribution < 1.29 is 4.79 Å². The number of hydrogen-bond donors (Lipinski definition) is 0. The summed E-state index contributed by atoms with van der Waals surface area (Å²) >= 11 is 0. The Balaban J connectivity index is 1.32. The summed E-state index contributed by atoms with van der Waals surface area (Å²) in [6.45, 7) is 5.32. The molecule has 0 aliphatic carbocycles. The summed E-state index contributed by atoms with van der Waals surface area (Å²) in [4.78, 5) is 34.2. The standard InChI is InChI=1S/C22H30N4O2/c27-21(16-26-17-23-20-8-4-3-7-19(20)22(26)28)25-13-9-18(10-14-25)15-24-11-5-1-2-6-12-24/h3-4,7-8,17-18H,1-2,5-6,9-16H2. The van der Waals surface area contributed by atoms with E-state index < -0.39 is 0 Å². The summed E-state index contributed by atoms with van der Waals surface area (Å²) in [6.07, 6.45) is 9.01. The molecule has 6 nitrogen and oxygen atoms in total. The SMILES string of the molecule is O=C(Cn1cnc2ccccc2c1=O)N1CCC(CN2CCCCCC2)CC1. The Hall–Kier alpha value is -2.21. The van der Waals surface area contributed by atoms with Crippen molar-refractivity contribution in [1.82, 2.24) is 19.4 Å². The number of nitrogens with zero attached hydrogens (tertiary/aromatic N) is 4. The van der Waals surface area contributed by atoms with Gasteiger partial charge in [-0.15, -0.1) is 0 Å². The molecule has 2 aromatic rings. The predicted octanol–water partition coefficient (Wildman–Crippen LogP) is 2.51. The van der Waals surface area contributed by atoms with Crippen molar-refractivity contribution in [1.29, 1.82) is 0 Å². The van der Waals surface area contributed by atoms with Crippen LogP contribution in [0.25, 0.3) is 10.9 Å². The molecule has 1 amide bonds. The van der Waals surface area contributed by atoms with Gasteiger partial charge in [0.05, 0.1) is 17.2 Å². The normalized spacial score (nSPS) is 19.6. The number of likely N-dealkylation sites (tertiary alicyclic amines) is 2. The lowest BCUT2D eigenvalue weighted by molar-refractivity contribution is -0.133. The number of amides is 1. The van der Waals surface area contributed by atoms with Crippen molar-refractivity contribution in [2.75, 3.05) is 32.7 Å². The maximum atomic E-state index is 12.7. The lowest BCUT2D eigenvalue weighted by atomic mass is 9.96. The largest absolute Gasteiger partial charge is 0.341 e. The van der Waals surface area contributed by atoms with E-state index in [1.807, 2.05) is 23.1 Å². The Bertz CT molecular complexity index is 862. The van der Waals surface area contributed by atoms with E-state index in [-0.39, 0.29) is 18.0 Å². The number of aromatic nitrogens is 2. The molecular weight excluding hydrogens is 352 g/mol. The van der Waals surface area contributed by atoms with Crippen molar-refractivity contribution in [3.8, 4) is 0 Å². The van der Waals surface area contributed by atoms with Gasteiger partial charge in [-0.1, -0.05) is 25.0 Å². The minimum Gasteiger partial charge on any atom is -0.341 e. The van der Waals surface area contributed by atoms with Crippen molar-refractivity contribution in [2.45, 2.75) is 45.1 Å². The number of fused-ring (bicyclic) bond motifs is 1. The van der Waals surface area contributed by atoms with E-state index in [1.54, 1.807) is 6.07 Å². The average Bonchev–Trinajstić information content (AvgIpc) is 2.99. The molecule has 0 radical (unpaired) electrons. The zero-order valence-corrected chi connectivity index (χ0v) is 16.6. The summed E-state index contributed by atoms with van der Waals surface area (Å²) in [6, 6.07) is 7.27. The van der Waals surface area contributed by atoms with Crippen LogP contribution in [0.5, 0.6) is 0 Å². The first kappa shape index (κ1) is 19.1. The topological polar surface area (TPSA) is 58.4 Å². The molecule has 1 aromatic heterocycles. The summed E-state index contributed by atoms with van der Waals surface area (Å²) in [7, 11) is 0. The first-order valence-electron chi connectivity index (χ1n) is 10.6. The Morgan fingerprint density at radius 2 is 1.71 bits per heavy atom. The van der Waals surface area contributed by atoms with Crippen LogP contribution in [0.2, 0.25) is 0 Å². The third-order valence-electron chi connectivity index (χ3n) is 6.22. The first-order chi connectivity index (χ1) is 13.7. The fraction of sp³-hybridized carbons (Fsp3) is 0.591. The van der Waals surface area contributed by atoms with E-state index in [0.29, 0.717) is 16.8 Å². The van der Waals surface area contributed by atoms with E-state index in [4.69, 9.17) is 0 Å². The second kappa shape index (κ2) is 8.86. The summed E-state index contributed by atoms with van der Waals surface area (Å²) in [5.41, 5.74) is 0.528. The predicted molar refractivity (Wildman–Crippen MR) is 110 cm³/mol. The van der Waals surface area contributed by atoms with Crippen LogP contribution >= 0.6 is 0 Å². The maximum Gasteiger partial charge on any atom is 0.261 e. The highest BCUT2D eigenvalue weighted by atomic mass is 16.2. The molecular formula is C22H30N4O2. The van der Waals surface area contributed by atoms with Crippen molar-refractivity contribution in [2.24, 2.45) is 5.92 Å². The Morgan fingerprint density at radius 3 is 2.46 bits per heavy atom. The van der Waals surface area contributed by atoms with Gasteiger partial charge < -0.3 is 9.80 Å². The molecule has 1 aromatic carbocycles. The van der Waals surface area contributed by atoms with Gasteiger partial charge in [0.25, 0.3) is 5.56 Å². The molecule has 3 heterocycles. The van der Waals surface area contributed by atoms with Gasteiger partial charge in [-0.25, -0.2) is 4.98 Å². The van der Waals surface area contributed by atoms with Gasteiger partial charge in [0, 0.05) is 19.6 Å². The van der Waals surface area contributed by atoms with Crippen molar-refractivity contribution >= 4 is 16.8 Å². The zero-order chi connectivity index (χ0) is 19.3. The lowest BCUT2D eigenvalue weighted by Gasteiger charge is -2.34.